The number of fused-ring (bicyclic) bond motifs is 1. The Kier molecular flexibility index (Phi) is 4.10. The molecule has 3 N–H and O–H groups in total. The number of halogens is 1. The van der Waals surface area contributed by atoms with E-state index in [0.717, 1.165) is 22.0 Å². The molecule has 0 bridgehead atoms. The number of nitrogens with zero attached hydrogens (tertiary/aromatic N) is 2. The molecule has 0 radical (unpaired) electrons. The second-order valence-corrected chi connectivity index (χ2v) is 6.50. The second-order valence-electron chi connectivity index (χ2n) is 5.64. The minimum absolute atomic E-state index is 0.00379. The van der Waals surface area contributed by atoms with Crippen molar-refractivity contribution < 1.29 is 14.3 Å². The SMILES string of the molecule is O=C(O)c1n[nH]c2ccc(NCc3csc(-c4ccc(F)cc4)n3)cc12. The molecule has 0 amide bonds. The summed E-state index contributed by atoms with van der Waals surface area (Å²) in [7, 11) is 0. The summed E-state index contributed by atoms with van der Waals surface area (Å²) < 4.78 is 13.0. The van der Waals surface area contributed by atoms with Crippen molar-refractivity contribution in [2.75, 3.05) is 5.32 Å². The van der Waals surface area contributed by atoms with Gasteiger partial charge in [-0.1, -0.05) is 0 Å². The van der Waals surface area contributed by atoms with E-state index in [1.54, 1.807) is 24.3 Å². The van der Waals surface area contributed by atoms with Crippen LogP contribution < -0.4 is 5.32 Å². The third kappa shape index (κ3) is 3.14. The topological polar surface area (TPSA) is 90.9 Å². The van der Waals surface area contributed by atoms with Crippen molar-refractivity contribution in [3.05, 3.63) is 65.0 Å². The molecule has 0 aliphatic carbocycles. The molecule has 0 aliphatic heterocycles. The fourth-order valence-corrected chi connectivity index (χ4v) is 3.42. The predicted molar refractivity (Wildman–Crippen MR) is 97.9 cm³/mol. The van der Waals surface area contributed by atoms with Gasteiger partial charge in [0.15, 0.2) is 5.69 Å². The van der Waals surface area contributed by atoms with Gasteiger partial charge in [0.05, 0.1) is 17.8 Å². The zero-order valence-electron chi connectivity index (χ0n) is 13.4. The third-order valence-corrected chi connectivity index (χ3v) is 4.82. The van der Waals surface area contributed by atoms with Gasteiger partial charge in [0.1, 0.15) is 10.8 Å². The number of thiazole rings is 1. The molecule has 2 aromatic heterocycles. The normalized spacial score (nSPS) is 11.0. The van der Waals surface area contributed by atoms with E-state index in [4.69, 9.17) is 5.11 Å². The monoisotopic (exact) mass is 368 g/mol. The largest absolute Gasteiger partial charge is 0.476 e. The number of benzene rings is 2. The highest BCUT2D eigenvalue weighted by molar-refractivity contribution is 7.13. The quantitative estimate of drug-likeness (QED) is 0.493. The Balaban J connectivity index is 1.50. The van der Waals surface area contributed by atoms with Crippen molar-refractivity contribution in [3.8, 4) is 10.6 Å². The molecule has 0 saturated carbocycles. The Bertz CT molecular complexity index is 1090. The van der Waals surface area contributed by atoms with E-state index < -0.39 is 5.97 Å². The summed E-state index contributed by atoms with van der Waals surface area (Å²) in [5, 5.41) is 22.2. The zero-order valence-corrected chi connectivity index (χ0v) is 14.2. The first kappa shape index (κ1) is 16.2. The lowest BCUT2D eigenvalue weighted by Gasteiger charge is -2.04. The maximum atomic E-state index is 13.0. The van der Waals surface area contributed by atoms with Crippen LogP contribution in [0.5, 0.6) is 0 Å². The van der Waals surface area contributed by atoms with Gasteiger partial charge >= 0.3 is 5.97 Å². The third-order valence-electron chi connectivity index (χ3n) is 3.88. The standard InChI is InChI=1S/C18H13FN4O2S/c19-11-3-1-10(2-4-11)17-21-13(9-26-17)8-20-12-5-6-15-14(7-12)16(18(24)25)23-22-15/h1-7,9,20H,8H2,(H,22,23)(H,24,25). The van der Waals surface area contributed by atoms with Crippen LogP contribution in [0, 0.1) is 5.82 Å². The highest BCUT2D eigenvalue weighted by atomic mass is 32.1. The number of aromatic amines is 1. The van der Waals surface area contributed by atoms with E-state index >= 15 is 0 Å². The van der Waals surface area contributed by atoms with Gasteiger partial charge in [-0.2, -0.15) is 5.10 Å². The van der Waals surface area contributed by atoms with Crippen molar-refractivity contribution in [1.82, 2.24) is 15.2 Å². The van der Waals surface area contributed by atoms with E-state index in [9.17, 15) is 9.18 Å². The van der Waals surface area contributed by atoms with Crippen molar-refractivity contribution in [1.29, 1.82) is 0 Å². The maximum Gasteiger partial charge on any atom is 0.357 e. The van der Waals surface area contributed by atoms with Crippen LogP contribution in [0.3, 0.4) is 0 Å². The van der Waals surface area contributed by atoms with Gasteiger partial charge in [-0.25, -0.2) is 14.2 Å². The van der Waals surface area contributed by atoms with Gasteiger partial charge in [-0.05, 0) is 42.5 Å². The molecule has 2 aromatic carbocycles. The van der Waals surface area contributed by atoms with E-state index in [1.807, 2.05) is 11.4 Å². The molecule has 0 aliphatic rings. The maximum absolute atomic E-state index is 13.0. The predicted octanol–water partition coefficient (Wildman–Crippen LogP) is 4.14. The number of hydrogen-bond acceptors (Lipinski definition) is 5. The van der Waals surface area contributed by atoms with Crippen molar-refractivity contribution in [3.63, 3.8) is 0 Å². The summed E-state index contributed by atoms with van der Waals surface area (Å²) in [6.07, 6.45) is 0. The molecular weight excluding hydrogens is 355 g/mol. The Labute approximate surface area is 151 Å². The first-order valence-corrected chi connectivity index (χ1v) is 8.64. The number of aromatic nitrogens is 3. The number of aromatic carboxylic acids is 1. The fourth-order valence-electron chi connectivity index (χ4n) is 2.59. The van der Waals surface area contributed by atoms with E-state index in [-0.39, 0.29) is 11.5 Å². The highest BCUT2D eigenvalue weighted by Gasteiger charge is 2.13. The number of rotatable bonds is 5. The Morgan fingerprint density at radius 2 is 2.04 bits per heavy atom. The van der Waals surface area contributed by atoms with Crippen molar-refractivity contribution >= 4 is 33.9 Å². The fraction of sp³-hybridized carbons (Fsp3) is 0.0556. The molecule has 130 valence electrons. The van der Waals surface area contributed by atoms with Crippen LogP contribution in [0.15, 0.2) is 47.8 Å². The second kappa shape index (κ2) is 6.57. The van der Waals surface area contributed by atoms with Gasteiger partial charge in [0.25, 0.3) is 0 Å². The average Bonchev–Trinajstić information content (AvgIpc) is 3.27. The van der Waals surface area contributed by atoms with E-state index in [0.29, 0.717) is 17.4 Å². The zero-order chi connectivity index (χ0) is 18.1. The molecule has 4 rings (SSSR count). The number of nitrogens with one attached hydrogen (secondary N) is 2. The van der Waals surface area contributed by atoms with Gasteiger partial charge in [-0.15, -0.1) is 11.3 Å². The number of anilines is 1. The van der Waals surface area contributed by atoms with Gasteiger partial charge < -0.3 is 10.4 Å². The van der Waals surface area contributed by atoms with Crippen LogP contribution in [-0.2, 0) is 6.54 Å². The number of H-pyrrole nitrogens is 1. The molecule has 26 heavy (non-hydrogen) atoms. The summed E-state index contributed by atoms with van der Waals surface area (Å²) in [6.45, 7) is 0.490. The minimum atomic E-state index is -1.07. The lowest BCUT2D eigenvalue weighted by Crippen LogP contribution is -2.00. The van der Waals surface area contributed by atoms with Crippen LogP contribution >= 0.6 is 11.3 Å². The van der Waals surface area contributed by atoms with Gasteiger partial charge in [0, 0.05) is 22.0 Å². The molecule has 0 spiro atoms. The van der Waals surface area contributed by atoms with Crippen molar-refractivity contribution in [2.24, 2.45) is 0 Å². The molecule has 0 atom stereocenters. The van der Waals surface area contributed by atoms with Gasteiger partial charge in [0.2, 0.25) is 0 Å². The highest BCUT2D eigenvalue weighted by Crippen LogP contribution is 2.25. The first-order chi connectivity index (χ1) is 12.6. The molecule has 0 saturated heterocycles. The molecule has 2 heterocycles. The van der Waals surface area contributed by atoms with Crippen LogP contribution in [-0.4, -0.2) is 26.3 Å². The molecular formula is C18H13FN4O2S. The van der Waals surface area contributed by atoms with Crippen molar-refractivity contribution in [2.45, 2.75) is 6.54 Å². The molecule has 8 heteroatoms. The molecule has 0 fully saturated rings. The number of carboxylic acid groups (broad SMARTS) is 1. The molecule has 6 nitrogen and oxygen atoms in total. The van der Waals surface area contributed by atoms with Crippen LogP contribution in [0.25, 0.3) is 21.5 Å². The minimum Gasteiger partial charge on any atom is -0.476 e. The Hall–Kier alpha value is -3.26. The smallest absolute Gasteiger partial charge is 0.357 e. The first-order valence-electron chi connectivity index (χ1n) is 7.76. The van der Waals surface area contributed by atoms with Gasteiger partial charge in [-0.3, -0.25) is 5.10 Å². The van der Waals surface area contributed by atoms with Crippen LogP contribution in [0.4, 0.5) is 10.1 Å². The number of carboxylic acids is 1. The summed E-state index contributed by atoms with van der Waals surface area (Å²) in [6, 6.07) is 11.6. The van der Waals surface area contributed by atoms with Crippen LogP contribution in [0.2, 0.25) is 0 Å². The van der Waals surface area contributed by atoms with E-state index in [1.165, 1.54) is 23.5 Å². The lowest BCUT2D eigenvalue weighted by atomic mass is 10.2. The summed E-state index contributed by atoms with van der Waals surface area (Å²) in [5.41, 5.74) is 3.16. The summed E-state index contributed by atoms with van der Waals surface area (Å²) in [5.74, 6) is -1.35. The Morgan fingerprint density at radius 3 is 2.81 bits per heavy atom. The summed E-state index contributed by atoms with van der Waals surface area (Å²) >= 11 is 1.49. The van der Waals surface area contributed by atoms with E-state index in [2.05, 4.69) is 20.5 Å². The summed E-state index contributed by atoms with van der Waals surface area (Å²) in [4.78, 5) is 15.7. The van der Waals surface area contributed by atoms with Crippen LogP contribution in [0.1, 0.15) is 16.2 Å². The molecule has 4 aromatic rings. The number of carbonyl (C=O) groups is 1. The Morgan fingerprint density at radius 1 is 1.23 bits per heavy atom. The lowest BCUT2D eigenvalue weighted by molar-refractivity contribution is 0.0692. The molecule has 0 unspecified atom stereocenters. The number of hydrogen-bond donors (Lipinski definition) is 3. The average molecular weight is 368 g/mol.